The lowest BCUT2D eigenvalue weighted by Crippen LogP contribution is -2.44. The van der Waals surface area contributed by atoms with Crippen LogP contribution in [0.3, 0.4) is 0 Å². The molecule has 0 saturated carbocycles. The molecule has 112 valence electrons. The van der Waals surface area contributed by atoms with Gasteiger partial charge in [-0.25, -0.2) is 4.79 Å². The molecule has 1 aromatic rings. The van der Waals surface area contributed by atoms with Gasteiger partial charge in [0.2, 0.25) is 0 Å². The Bertz CT molecular complexity index is 511. The van der Waals surface area contributed by atoms with Crippen LogP contribution in [-0.4, -0.2) is 37.1 Å². The molecule has 7 heteroatoms. The van der Waals surface area contributed by atoms with Gasteiger partial charge in [-0.05, 0) is 25.0 Å². The van der Waals surface area contributed by atoms with E-state index in [2.05, 4.69) is 10.9 Å². The fraction of sp³-hybridized carbons (Fsp3) is 0.357. The lowest BCUT2D eigenvalue weighted by Gasteiger charge is -2.10. The molecule has 0 unspecified atom stereocenters. The predicted molar refractivity (Wildman–Crippen MR) is 72.0 cm³/mol. The summed E-state index contributed by atoms with van der Waals surface area (Å²) >= 11 is 0. The van der Waals surface area contributed by atoms with Gasteiger partial charge in [0.1, 0.15) is 0 Å². The van der Waals surface area contributed by atoms with Crippen LogP contribution in [0.4, 0.5) is 0 Å². The van der Waals surface area contributed by atoms with Crippen molar-refractivity contribution < 1.29 is 23.9 Å². The fourth-order valence-corrected chi connectivity index (χ4v) is 1.82. The zero-order valence-electron chi connectivity index (χ0n) is 11.3. The maximum atomic E-state index is 11.6. The molecule has 1 fully saturated rings. The summed E-state index contributed by atoms with van der Waals surface area (Å²) in [5, 5.41) is 0. The highest BCUT2D eigenvalue weighted by molar-refractivity contribution is 5.95. The molecule has 0 spiro atoms. The molecule has 0 bridgehead atoms. The Morgan fingerprint density at radius 2 is 1.95 bits per heavy atom. The molecule has 0 aromatic heterocycles. The number of rotatable bonds is 4. The number of carbonyl (C=O) groups is 3. The molecule has 1 heterocycles. The van der Waals surface area contributed by atoms with Crippen LogP contribution in [-0.2, 0) is 19.1 Å². The second-order valence-electron chi connectivity index (χ2n) is 4.48. The van der Waals surface area contributed by atoms with Gasteiger partial charge in [0.15, 0.2) is 12.7 Å². The molecular weight excluding hydrogens is 276 g/mol. The van der Waals surface area contributed by atoms with Crippen LogP contribution in [0.25, 0.3) is 0 Å². The van der Waals surface area contributed by atoms with Crippen LogP contribution in [0.15, 0.2) is 30.3 Å². The molecule has 2 amide bonds. The molecule has 1 aromatic carbocycles. The molecule has 0 aliphatic carbocycles. The minimum Gasteiger partial charge on any atom is -0.454 e. The van der Waals surface area contributed by atoms with Crippen molar-refractivity contribution in [1.82, 2.24) is 10.9 Å². The Hall–Kier alpha value is -2.41. The molecule has 2 rings (SSSR count). The number of benzene rings is 1. The van der Waals surface area contributed by atoms with Crippen LogP contribution in [0, 0.1) is 0 Å². The third-order valence-corrected chi connectivity index (χ3v) is 2.89. The Kier molecular flexibility index (Phi) is 5.28. The smallest absolute Gasteiger partial charge is 0.335 e. The highest BCUT2D eigenvalue weighted by atomic mass is 16.6. The molecule has 1 saturated heterocycles. The quantitative estimate of drug-likeness (QED) is 0.609. The van der Waals surface area contributed by atoms with Crippen molar-refractivity contribution in [3.8, 4) is 0 Å². The van der Waals surface area contributed by atoms with Crippen LogP contribution in [0.1, 0.15) is 23.2 Å². The highest BCUT2D eigenvalue weighted by Crippen LogP contribution is 2.12. The number of esters is 1. The Morgan fingerprint density at radius 1 is 1.19 bits per heavy atom. The molecule has 7 nitrogen and oxygen atoms in total. The number of hydrazine groups is 1. The first-order valence-corrected chi connectivity index (χ1v) is 6.59. The maximum absolute atomic E-state index is 11.6. The highest BCUT2D eigenvalue weighted by Gasteiger charge is 2.25. The van der Waals surface area contributed by atoms with Crippen molar-refractivity contribution in [1.29, 1.82) is 0 Å². The van der Waals surface area contributed by atoms with Gasteiger partial charge in [-0.1, -0.05) is 18.2 Å². The van der Waals surface area contributed by atoms with Crippen molar-refractivity contribution in [2.45, 2.75) is 18.9 Å². The number of amides is 2. The van der Waals surface area contributed by atoms with Gasteiger partial charge in [-0.3, -0.25) is 20.4 Å². The van der Waals surface area contributed by atoms with Gasteiger partial charge in [-0.15, -0.1) is 0 Å². The summed E-state index contributed by atoms with van der Waals surface area (Å²) in [6, 6.07) is 8.41. The average molecular weight is 292 g/mol. The molecule has 2 N–H and O–H groups in total. The zero-order chi connectivity index (χ0) is 15.1. The fourth-order valence-electron chi connectivity index (χ4n) is 1.82. The van der Waals surface area contributed by atoms with E-state index < -0.39 is 30.5 Å². The largest absolute Gasteiger partial charge is 0.454 e. The number of hydrogen-bond acceptors (Lipinski definition) is 5. The topological polar surface area (TPSA) is 93.7 Å². The van der Waals surface area contributed by atoms with Crippen LogP contribution in [0.5, 0.6) is 0 Å². The van der Waals surface area contributed by atoms with Gasteiger partial charge in [0, 0.05) is 12.2 Å². The third-order valence-electron chi connectivity index (χ3n) is 2.89. The summed E-state index contributed by atoms with van der Waals surface area (Å²) in [7, 11) is 0. The zero-order valence-corrected chi connectivity index (χ0v) is 11.3. The summed E-state index contributed by atoms with van der Waals surface area (Å²) in [6.45, 7) is 0.0624. The monoisotopic (exact) mass is 292 g/mol. The van der Waals surface area contributed by atoms with Crippen LogP contribution in [0.2, 0.25) is 0 Å². The average Bonchev–Trinajstić information content (AvgIpc) is 3.05. The van der Waals surface area contributed by atoms with E-state index >= 15 is 0 Å². The Balaban J connectivity index is 1.67. The first-order valence-electron chi connectivity index (χ1n) is 6.59. The lowest BCUT2D eigenvalue weighted by molar-refractivity contribution is -0.157. The van der Waals surface area contributed by atoms with Gasteiger partial charge < -0.3 is 9.47 Å². The summed E-state index contributed by atoms with van der Waals surface area (Å²) in [4.78, 5) is 34.6. The van der Waals surface area contributed by atoms with Crippen molar-refractivity contribution in [3.05, 3.63) is 35.9 Å². The normalized spacial score (nSPS) is 17.0. The maximum Gasteiger partial charge on any atom is 0.335 e. The summed E-state index contributed by atoms with van der Waals surface area (Å²) in [6.07, 6.45) is 0.821. The number of nitrogens with one attached hydrogen (secondary N) is 2. The van der Waals surface area contributed by atoms with E-state index in [-0.39, 0.29) is 0 Å². The van der Waals surface area contributed by atoms with E-state index in [0.717, 1.165) is 6.42 Å². The SMILES string of the molecule is O=C(COC(=O)[C@H]1CCCO1)NNC(=O)c1ccccc1. The van der Waals surface area contributed by atoms with Crippen molar-refractivity contribution in [2.75, 3.05) is 13.2 Å². The summed E-state index contributed by atoms with van der Waals surface area (Å²) in [5.41, 5.74) is 4.81. The second kappa shape index (κ2) is 7.39. The van der Waals surface area contributed by atoms with Crippen LogP contribution >= 0.6 is 0 Å². The van der Waals surface area contributed by atoms with Gasteiger partial charge in [-0.2, -0.15) is 0 Å². The second-order valence-corrected chi connectivity index (χ2v) is 4.48. The first-order chi connectivity index (χ1) is 10.2. The number of carbonyl (C=O) groups excluding carboxylic acids is 3. The minimum atomic E-state index is -0.620. The molecule has 1 aliphatic heterocycles. The van der Waals surface area contributed by atoms with Crippen molar-refractivity contribution in [3.63, 3.8) is 0 Å². The van der Waals surface area contributed by atoms with Gasteiger partial charge in [0.05, 0.1) is 0 Å². The van der Waals surface area contributed by atoms with E-state index in [4.69, 9.17) is 9.47 Å². The van der Waals surface area contributed by atoms with E-state index in [1.807, 2.05) is 0 Å². The van der Waals surface area contributed by atoms with E-state index in [0.29, 0.717) is 18.6 Å². The number of ether oxygens (including phenoxy) is 2. The van der Waals surface area contributed by atoms with Crippen LogP contribution < -0.4 is 10.9 Å². The molecule has 1 atom stereocenters. The number of hydrogen-bond donors (Lipinski definition) is 2. The van der Waals surface area contributed by atoms with E-state index in [1.165, 1.54) is 0 Å². The first kappa shape index (κ1) is 15.0. The Morgan fingerprint density at radius 3 is 2.62 bits per heavy atom. The molecular formula is C14H16N2O5. The van der Waals surface area contributed by atoms with E-state index in [1.54, 1.807) is 30.3 Å². The minimum absolute atomic E-state index is 0.411. The lowest BCUT2D eigenvalue weighted by atomic mass is 10.2. The van der Waals surface area contributed by atoms with E-state index in [9.17, 15) is 14.4 Å². The van der Waals surface area contributed by atoms with Crippen molar-refractivity contribution >= 4 is 17.8 Å². The molecule has 0 radical (unpaired) electrons. The van der Waals surface area contributed by atoms with Crippen molar-refractivity contribution in [2.24, 2.45) is 0 Å². The Labute approximate surface area is 121 Å². The predicted octanol–water partition coefficient (Wildman–Crippen LogP) is 0.170. The third kappa shape index (κ3) is 4.57. The van der Waals surface area contributed by atoms with Gasteiger partial charge >= 0.3 is 5.97 Å². The summed E-state index contributed by atoms with van der Waals surface area (Å²) < 4.78 is 9.93. The molecule has 21 heavy (non-hydrogen) atoms. The summed E-state index contributed by atoms with van der Waals surface area (Å²) in [5.74, 6) is -1.63. The standard InChI is InChI=1S/C14H16N2O5/c17-12(9-21-14(19)11-7-4-8-20-11)15-16-13(18)10-5-2-1-3-6-10/h1-3,5-6,11H,4,7-9H2,(H,15,17)(H,16,18)/t11-/m1/s1. The molecule has 1 aliphatic rings. The van der Waals surface area contributed by atoms with Gasteiger partial charge in [0.25, 0.3) is 11.8 Å².